The first-order valence-corrected chi connectivity index (χ1v) is 12.4. The second-order valence-electron chi connectivity index (χ2n) is 9.68. The Kier molecular flexibility index (Phi) is 11.0. The van der Waals surface area contributed by atoms with E-state index in [2.05, 4.69) is 0 Å². The summed E-state index contributed by atoms with van der Waals surface area (Å²) in [5.74, 6) is 0.472. The number of nitro groups is 1. The van der Waals surface area contributed by atoms with Crippen molar-refractivity contribution in [3.63, 3.8) is 0 Å². The standard InChI is InChI=1S/C23H36N2O7S/c1-22(2,3)31-20(26)24(21(27)32-23(4,5)6)16-10-8-7-9-11-17-33(30)19-14-12-18(13-15-19)25(28)29/h12-15H,7-11,16-17H2,1-6H3. The number of amides is 2. The van der Waals surface area contributed by atoms with Crippen LogP contribution in [-0.4, -0.2) is 49.7 Å². The number of hydrogen-bond acceptors (Lipinski definition) is 7. The zero-order valence-electron chi connectivity index (χ0n) is 20.4. The molecule has 10 heteroatoms. The van der Waals surface area contributed by atoms with E-state index in [0.29, 0.717) is 17.1 Å². The van der Waals surface area contributed by atoms with Gasteiger partial charge in [0.2, 0.25) is 0 Å². The zero-order valence-corrected chi connectivity index (χ0v) is 21.2. The zero-order chi connectivity index (χ0) is 25.2. The van der Waals surface area contributed by atoms with Crippen LogP contribution in [0.25, 0.3) is 0 Å². The second-order valence-corrected chi connectivity index (χ2v) is 11.3. The van der Waals surface area contributed by atoms with Crippen LogP contribution in [0.15, 0.2) is 29.2 Å². The minimum atomic E-state index is -1.20. The average molecular weight is 485 g/mol. The van der Waals surface area contributed by atoms with Crippen molar-refractivity contribution in [2.45, 2.75) is 89.7 Å². The monoisotopic (exact) mass is 484 g/mol. The highest BCUT2D eigenvalue weighted by atomic mass is 32.2. The third kappa shape index (κ3) is 11.8. The van der Waals surface area contributed by atoms with Gasteiger partial charge in [0.25, 0.3) is 5.69 Å². The van der Waals surface area contributed by atoms with Gasteiger partial charge in [-0.05, 0) is 66.5 Å². The predicted octanol–water partition coefficient (Wildman–Crippen LogP) is 5.83. The number of nitro benzene ring substituents is 1. The SMILES string of the molecule is CC(C)(C)OC(=O)N(CCCCCCCS(=O)c1ccc([N+](=O)[O-])cc1)C(=O)OC(C)(C)C. The summed E-state index contributed by atoms with van der Waals surface area (Å²) >= 11 is 0. The van der Waals surface area contributed by atoms with E-state index in [1.165, 1.54) is 24.3 Å². The van der Waals surface area contributed by atoms with E-state index in [9.17, 15) is 23.9 Å². The number of carbonyl (C=O) groups is 2. The molecule has 2 amide bonds. The summed E-state index contributed by atoms with van der Waals surface area (Å²) in [6.07, 6.45) is 2.37. The summed E-state index contributed by atoms with van der Waals surface area (Å²) in [5.41, 5.74) is -1.48. The molecular formula is C23H36N2O7S. The minimum Gasteiger partial charge on any atom is -0.443 e. The van der Waals surface area contributed by atoms with Crippen molar-refractivity contribution in [2.24, 2.45) is 0 Å². The fourth-order valence-electron chi connectivity index (χ4n) is 2.76. The Hall–Kier alpha value is -2.49. The summed E-state index contributed by atoms with van der Waals surface area (Å²) < 4.78 is 23.0. The van der Waals surface area contributed by atoms with Gasteiger partial charge in [-0.3, -0.25) is 14.3 Å². The number of carbonyl (C=O) groups excluding carboxylic acids is 2. The molecule has 33 heavy (non-hydrogen) atoms. The maximum Gasteiger partial charge on any atom is 0.419 e. The lowest BCUT2D eigenvalue weighted by molar-refractivity contribution is -0.384. The molecule has 0 aliphatic heterocycles. The summed E-state index contributed by atoms with van der Waals surface area (Å²) in [7, 11) is -1.20. The van der Waals surface area contributed by atoms with Crippen molar-refractivity contribution >= 4 is 28.7 Å². The van der Waals surface area contributed by atoms with E-state index in [1.807, 2.05) is 0 Å². The number of ether oxygens (including phenoxy) is 2. The molecule has 1 rings (SSSR count). The van der Waals surface area contributed by atoms with Gasteiger partial charge >= 0.3 is 12.2 Å². The Morgan fingerprint density at radius 3 is 1.79 bits per heavy atom. The highest BCUT2D eigenvalue weighted by Crippen LogP contribution is 2.17. The van der Waals surface area contributed by atoms with E-state index in [-0.39, 0.29) is 12.2 Å². The number of imide groups is 1. The molecule has 1 atom stereocenters. The maximum atomic E-state index is 12.5. The van der Waals surface area contributed by atoms with Crippen LogP contribution < -0.4 is 0 Å². The van der Waals surface area contributed by atoms with E-state index in [0.717, 1.165) is 30.6 Å². The molecule has 0 aliphatic carbocycles. The van der Waals surface area contributed by atoms with Gasteiger partial charge in [-0.2, -0.15) is 0 Å². The van der Waals surface area contributed by atoms with Crippen LogP contribution in [0.3, 0.4) is 0 Å². The molecule has 0 fully saturated rings. The molecule has 1 aromatic rings. The van der Waals surface area contributed by atoms with Crippen molar-refractivity contribution in [1.82, 2.24) is 4.90 Å². The van der Waals surface area contributed by atoms with Crippen molar-refractivity contribution in [2.75, 3.05) is 12.3 Å². The second kappa shape index (κ2) is 12.7. The lowest BCUT2D eigenvalue weighted by Crippen LogP contribution is -2.44. The Balaban J connectivity index is 2.43. The highest BCUT2D eigenvalue weighted by Gasteiger charge is 2.30. The van der Waals surface area contributed by atoms with Gasteiger partial charge in [0.15, 0.2) is 0 Å². The van der Waals surface area contributed by atoms with Crippen LogP contribution in [0.2, 0.25) is 0 Å². The van der Waals surface area contributed by atoms with Crippen LogP contribution in [0, 0.1) is 10.1 Å². The number of nitrogens with zero attached hydrogens (tertiary/aromatic N) is 2. The summed E-state index contributed by atoms with van der Waals surface area (Å²) in [6, 6.07) is 5.76. The van der Waals surface area contributed by atoms with Gasteiger partial charge in [-0.25, -0.2) is 14.5 Å². The Morgan fingerprint density at radius 2 is 1.33 bits per heavy atom. The molecule has 0 N–H and O–H groups in total. The van der Waals surface area contributed by atoms with Gasteiger partial charge in [-0.1, -0.05) is 19.3 Å². The molecule has 0 aromatic heterocycles. The molecule has 0 heterocycles. The van der Waals surface area contributed by atoms with E-state index in [4.69, 9.17) is 9.47 Å². The molecule has 0 radical (unpaired) electrons. The van der Waals surface area contributed by atoms with Gasteiger partial charge in [0, 0.05) is 29.3 Å². The Bertz CT molecular complexity index is 799. The van der Waals surface area contributed by atoms with Gasteiger partial charge < -0.3 is 9.47 Å². The van der Waals surface area contributed by atoms with Crippen molar-refractivity contribution in [3.8, 4) is 0 Å². The molecule has 1 aromatic carbocycles. The van der Waals surface area contributed by atoms with Crippen LogP contribution >= 0.6 is 0 Å². The van der Waals surface area contributed by atoms with Crippen molar-refractivity contribution in [3.05, 3.63) is 34.4 Å². The van der Waals surface area contributed by atoms with E-state index < -0.39 is 39.1 Å². The quantitative estimate of drug-likeness (QED) is 0.233. The maximum absolute atomic E-state index is 12.5. The smallest absolute Gasteiger partial charge is 0.419 e. The average Bonchev–Trinajstić information content (AvgIpc) is 2.67. The molecule has 0 saturated heterocycles. The first-order valence-electron chi connectivity index (χ1n) is 11.1. The fraction of sp³-hybridized carbons (Fsp3) is 0.652. The molecule has 0 bridgehead atoms. The number of unbranched alkanes of at least 4 members (excludes halogenated alkanes) is 4. The summed E-state index contributed by atoms with van der Waals surface area (Å²) in [6.45, 7) is 10.6. The lowest BCUT2D eigenvalue weighted by Gasteiger charge is -2.28. The van der Waals surface area contributed by atoms with Crippen LogP contribution in [0.1, 0.15) is 73.6 Å². The van der Waals surface area contributed by atoms with Crippen LogP contribution in [-0.2, 0) is 20.3 Å². The number of non-ortho nitro benzene ring substituents is 1. The molecule has 186 valence electrons. The van der Waals surface area contributed by atoms with Gasteiger partial charge in [0.1, 0.15) is 11.2 Å². The Labute approximate surface area is 198 Å². The number of rotatable bonds is 10. The van der Waals surface area contributed by atoms with Crippen LogP contribution in [0.5, 0.6) is 0 Å². The normalized spacial score (nSPS) is 12.7. The summed E-state index contributed by atoms with van der Waals surface area (Å²) in [4.78, 5) is 36.7. The Morgan fingerprint density at radius 1 is 0.879 bits per heavy atom. The molecule has 1 unspecified atom stereocenters. The molecule has 0 aliphatic rings. The molecule has 9 nitrogen and oxygen atoms in total. The van der Waals surface area contributed by atoms with E-state index in [1.54, 1.807) is 41.5 Å². The third-order valence-electron chi connectivity index (χ3n) is 4.25. The number of hydrogen-bond donors (Lipinski definition) is 0. The third-order valence-corrected chi connectivity index (χ3v) is 5.71. The summed E-state index contributed by atoms with van der Waals surface area (Å²) in [5, 5.41) is 10.7. The molecule has 0 saturated carbocycles. The molecular weight excluding hydrogens is 448 g/mol. The van der Waals surface area contributed by atoms with Crippen molar-refractivity contribution < 1.29 is 28.2 Å². The van der Waals surface area contributed by atoms with E-state index >= 15 is 0 Å². The molecule has 0 spiro atoms. The largest absolute Gasteiger partial charge is 0.443 e. The fourth-order valence-corrected chi connectivity index (χ4v) is 3.90. The first-order chi connectivity index (χ1) is 15.2. The topological polar surface area (TPSA) is 116 Å². The van der Waals surface area contributed by atoms with Gasteiger partial charge in [-0.15, -0.1) is 0 Å². The highest BCUT2D eigenvalue weighted by molar-refractivity contribution is 7.85. The minimum absolute atomic E-state index is 0.0254. The number of benzene rings is 1. The first kappa shape index (κ1) is 28.5. The lowest BCUT2D eigenvalue weighted by atomic mass is 10.1. The van der Waals surface area contributed by atoms with Gasteiger partial charge in [0.05, 0.1) is 15.7 Å². The van der Waals surface area contributed by atoms with Crippen molar-refractivity contribution in [1.29, 1.82) is 0 Å². The predicted molar refractivity (Wildman–Crippen MR) is 127 cm³/mol. The van der Waals surface area contributed by atoms with Crippen LogP contribution in [0.4, 0.5) is 15.3 Å².